The van der Waals surface area contributed by atoms with Gasteiger partial charge in [-0.25, -0.2) is 4.98 Å². The number of pyridine rings is 1. The number of nitrogens with two attached hydrogens (primary N) is 1. The van der Waals surface area contributed by atoms with Gasteiger partial charge in [-0.2, -0.15) is 0 Å². The van der Waals surface area contributed by atoms with Crippen molar-refractivity contribution in [1.29, 1.82) is 0 Å². The molecule has 0 fully saturated rings. The van der Waals surface area contributed by atoms with E-state index < -0.39 is 0 Å². The van der Waals surface area contributed by atoms with Crippen LogP contribution >= 0.6 is 0 Å². The van der Waals surface area contributed by atoms with Crippen molar-refractivity contribution in [2.24, 2.45) is 0 Å². The molecule has 0 aliphatic carbocycles. The molecule has 1 aromatic heterocycles. The maximum atomic E-state index is 9.66. The number of rotatable bonds is 4. The molecule has 0 aliphatic heterocycles. The van der Waals surface area contributed by atoms with E-state index in [-0.39, 0.29) is 6.10 Å². The van der Waals surface area contributed by atoms with E-state index in [1.807, 2.05) is 25.1 Å². The second kappa shape index (κ2) is 4.93. The van der Waals surface area contributed by atoms with Crippen LogP contribution in [-0.2, 0) is 6.42 Å². The fourth-order valence-corrected chi connectivity index (χ4v) is 1.38. The van der Waals surface area contributed by atoms with E-state index in [0.29, 0.717) is 18.8 Å². The third kappa shape index (κ3) is 3.72. The first-order valence-corrected chi connectivity index (χ1v) is 4.61. The van der Waals surface area contributed by atoms with Gasteiger partial charge in [0.2, 0.25) is 0 Å². The number of aliphatic hydroxyl groups excluding tert-OH is 1. The Balaban J connectivity index is 2.51. The van der Waals surface area contributed by atoms with Crippen LogP contribution < -0.4 is 5.73 Å². The minimum atomic E-state index is -0.355. The Bertz CT molecular complexity index is 288. The van der Waals surface area contributed by atoms with Gasteiger partial charge in [0.05, 0.1) is 6.10 Å². The maximum Gasteiger partial charge on any atom is 0.123 e. The lowest BCUT2D eigenvalue weighted by atomic mass is 10.1. The van der Waals surface area contributed by atoms with Crippen molar-refractivity contribution in [2.45, 2.75) is 12.5 Å². The van der Waals surface area contributed by atoms with Crippen molar-refractivity contribution in [3.05, 3.63) is 23.9 Å². The summed E-state index contributed by atoms with van der Waals surface area (Å²) in [4.78, 5) is 5.85. The molecular formula is C10H17N3O. The molecule has 78 valence electrons. The van der Waals surface area contributed by atoms with Crippen LogP contribution in [0.4, 0.5) is 5.82 Å². The first-order valence-electron chi connectivity index (χ1n) is 4.61. The molecule has 1 aromatic rings. The molecule has 0 saturated heterocycles. The minimum absolute atomic E-state index is 0.355. The molecule has 0 saturated carbocycles. The first kappa shape index (κ1) is 10.9. The van der Waals surface area contributed by atoms with E-state index in [1.165, 1.54) is 0 Å². The third-order valence-electron chi connectivity index (χ3n) is 1.89. The highest BCUT2D eigenvalue weighted by atomic mass is 16.3. The summed E-state index contributed by atoms with van der Waals surface area (Å²) in [6.07, 6.45) is 1.92. The number of likely N-dealkylation sites (N-methyl/N-ethyl adjacent to an activating group) is 1. The summed E-state index contributed by atoms with van der Waals surface area (Å²) in [6.45, 7) is 0.655. The highest BCUT2D eigenvalue weighted by Crippen LogP contribution is 2.06. The van der Waals surface area contributed by atoms with Crippen LogP contribution in [0.3, 0.4) is 0 Å². The molecule has 0 spiro atoms. The number of anilines is 1. The number of nitrogens with zero attached hydrogens (tertiary/aromatic N) is 2. The molecule has 3 N–H and O–H groups in total. The van der Waals surface area contributed by atoms with Crippen LogP contribution in [0.1, 0.15) is 5.56 Å². The zero-order chi connectivity index (χ0) is 10.6. The monoisotopic (exact) mass is 195 g/mol. The van der Waals surface area contributed by atoms with Crippen LogP contribution in [-0.4, -0.2) is 41.7 Å². The van der Waals surface area contributed by atoms with E-state index in [9.17, 15) is 5.11 Å². The maximum absolute atomic E-state index is 9.66. The molecule has 0 bridgehead atoms. The summed E-state index contributed by atoms with van der Waals surface area (Å²) in [5.41, 5.74) is 6.55. The normalized spacial score (nSPS) is 13.1. The van der Waals surface area contributed by atoms with Gasteiger partial charge in [0.1, 0.15) is 5.82 Å². The lowest BCUT2D eigenvalue weighted by molar-refractivity contribution is 0.137. The molecule has 1 atom stereocenters. The lowest BCUT2D eigenvalue weighted by Crippen LogP contribution is -2.27. The highest BCUT2D eigenvalue weighted by molar-refractivity contribution is 5.32. The number of hydrogen-bond donors (Lipinski definition) is 2. The van der Waals surface area contributed by atoms with Gasteiger partial charge in [0.25, 0.3) is 0 Å². The van der Waals surface area contributed by atoms with E-state index in [1.54, 1.807) is 12.3 Å². The highest BCUT2D eigenvalue weighted by Gasteiger charge is 2.06. The number of nitrogen functional groups attached to an aromatic ring is 1. The summed E-state index contributed by atoms with van der Waals surface area (Å²) in [6, 6.07) is 3.66. The zero-order valence-corrected chi connectivity index (χ0v) is 8.64. The van der Waals surface area contributed by atoms with Crippen molar-refractivity contribution >= 4 is 5.82 Å². The lowest BCUT2D eigenvalue weighted by Gasteiger charge is -2.15. The zero-order valence-electron chi connectivity index (χ0n) is 8.64. The Morgan fingerprint density at radius 1 is 1.57 bits per heavy atom. The molecule has 1 heterocycles. The van der Waals surface area contributed by atoms with E-state index >= 15 is 0 Å². The number of aliphatic hydroxyl groups is 1. The van der Waals surface area contributed by atoms with Crippen molar-refractivity contribution in [2.75, 3.05) is 26.4 Å². The quantitative estimate of drug-likeness (QED) is 0.717. The Kier molecular flexibility index (Phi) is 3.85. The Hall–Kier alpha value is -1.13. The summed E-state index contributed by atoms with van der Waals surface area (Å²) >= 11 is 0. The average Bonchev–Trinajstić information content (AvgIpc) is 2.01. The van der Waals surface area contributed by atoms with Gasteiger partial charge in [-0.15, -0.1) is 0 Å². The van der Waals surface area contributed by atoms with Gasteiger partial charge >= 0.3 is 0 Å². The van der Waals surface area contributed by atoms with Crippen LogP contribution in [0.5, 0.6) is 0 Å². The Morgan fingerprint density at radius 2 is 2.29 bits per heavy atom. The predicted octanol–water partition coefficient (Wildman–Crippen LogP) is 0.129. The molecule has 0 amide bonds. The molecular weight excluding hydrogens is 178 g/mol. The third-order valence-corrected chi connectivity index (χ3v) is 1.89. The predicted molar refractivity (Wildman–Crippen MR) is 56.9 cm³/mol. The van der Waals surface area contributed by atoms with Crippen LogP contribution in [0, 0.1) is 0 Å². The van der Waals surface area contributed by atoms with Gasteiger partial charge < -0.3 is 15.7 Å². The van der Waals surface area contributed by atoms with E-state index in [2.05, 4.69) is 4.98 Å². The first-order chi connectivity index (χ1) is 6.58. The van der Waals surface area contributed by atoms with Gasteiger partial charge in [0.15, 0.2) is 0 Å². The van der Waals surface area contributed by atoms with Crippen LogP contribution in [0.25, 0.3) is 0 Å². The average molecular weight is 195 g/mol. The largest absolute Gasteiger partial charge is 0.391 e. The van der Waals surface area contributed by atoms with Crippen molar-refractivity contribution in [3.63, 3.8) is 0 Å². The number of hydrogen-bond acceptors (Lipinski definition) is 4. The summed E-state index contributed by atoms with van der Waals surface area (Å²) in [5.74, 6) is 0.500. The smallest absolute Gasteiger partial charge is 0.123 e. The van der Waals surface area contributed by atoms with E-state index in [0.717, 1.165) is 5.56 Å². The standard InChI is InChI=1S/C10H17N3O/c1-13(2)7-9(14)5-8-3-4-12-10(11)6-8/h3-4,6,9,14H,5,7H2,1-2H3,(H2,11,12). The summed E-state index contributed by atoms with van der Waals surface area (Å²) in [7, 11) is 3.87. The molecule has 1 rings (SSSR count). The van der Waals surface area contributed by atoms with Gasteiger partial charge in [-0.05, 0) is 38.2 Å². The number of aromatic nitrogens is 1. The van der Waals surface area contributed by atoms with Crippen molar-refractivity contribution in [1.82, 2.24) is 9.88 Å². The fourth-order valence-electron chi connectivity index (χ4n) is 1.38. The van der Waals surface area contributed by atoms with Gasteiger partial charge in [0, 0.05) is 12.7 Å². The minimum Gasteiger partial charge on any atom is -0.391 e. The van der Waals surface area contributed by atoms with Gasteiger partial charge in [-0.3, -0.25) is 0 Å². The molecule has 0 aliphatic rings. The second-order valence-corrected chi connectivity index (χ2v) is 3.71. The molecule has 4 heteroatoms. The Labute approximate surface area is 84.4 Å². The van der Waals surface area contributed by atoms with Crippen molar-refractivity contribution in [3.8, 4) is 0 Å². The molecule has 1 unspecified atom stereocenters. The molecule has 0 radical (unpaired) electrons. The van der Waals surface area contributed by atoms with Gasteiger partial charge in [-0.1, -0.05) is 0 Å². The van der Waals surface area contributed by atoms with E-state index in [4.69, 9.17) is 5.73 Å². The van der Waals surface area contributed by atoms with Crippen LogP contribution in [0.15, 0.2) is 18.3 Å². The van der Waals surface area contributed by atoms with Crippen molar-refractivity contribution < 1.29 is 5.11 Å². The topological polar surface area (TPSA) is 62.4 Å². The molecule has 0 aromatic carbocycles. The molecule has 14 heavy (non-hydrogen) atoms. The summed E-state index contributed by atoms with van der Waals surface area (Å²) in [5, 5.41) is 9.66. The van der Waals surface area contributed by atoms with Crippen LogP contribution in [0.2, 0.25) is 0 Å². The molecule has 4 nitrogen and oxygen atoms in total. The fraction of sp³-hybridized carbons (Fsp3) is 0.500. The SMILES string of the molecule is CN(C)CC(O)Cc1ccnc(N)c1. The Morgan fingerprint density at radius 3 is 2.86 bits per heavy atom. The second-order valence-electron chi connectivity index (χ2n) is 3.71. The summed E-state index contributed by atoms with van der Waals surface area (Å²) < 4.78 is 0.